The number of methoxy groups -OCH3 is 1. The average molecular weight is 163 g/mol. The van der Waals surface area contributed by atoms with E-state index in [2.05, 4.69) is 9.82 Å². The van der Waals surface area contributed by atoms with Crippen molar-refractivity contribution in [2.24, 2.45) is 0 Å². The van der Waals surface area contributed by atoms with E-state index >= 15 is 0 Å². The molecule has 3 nitrogen and oxygen atoms in total. The fraction of sp³-hybridized carbons (Fsp3) is 0.833. The summed E-state index contributed by atoms with van der Waals surface area (Å²) in [5, 5.41) is 3.03. The molecule has 0 rings (SSSR count). The monoisotopic (exact) mass is 163 g/mol. The maximum Gasteiger partial charge on any atom is 0.325 e. The molecule has 0 saturated carbocycles. The predicted molar refractivity (Wildman–Crippen MR) is 43.5 cm³/mol. The number of carbonyl (C=O) groups excluding carboxylic acids is 1. The number of hydrogen-bond donors (Lipinski definition) is 1. The van der Waals surface area contributed by atoms with Gasteiger partial charge in [-0.15, -0.1) is 0 Å². The number of ether oxygens (including phenoxy) is 1. The number of hydrogen-bond acceptors (Lipinski definition) is 3. The summed E-state index contributed by atoms with van der Waals surface area (Å²) in [6.45, 7) is 5.58. The minimum Gasteiger partial charge on any atom is -0.468 e. The Bertz CT molecular complexity index is 125. The Hall–Kier alpha value is -0.140. The Labute approximate surface area is 63.4 Å². The van der Waals surface area contributed by atoms with E-state index in [4.69, 9.17) is 0 Å². The van der Waals surface area contributed by atoms with Crippen LogP contribution in [0.15, 0.2) is 0 Å². The van der Waals surface area contributed by atoms with Crippen molar-refractivity contribution in [1.82, 2.24) is 5.09 Å². The maximum atomic E-state index is 10.9. The van der Waals surface area contributed by atoms with Crippen molar-refractivity contribution in [2.75, 3.05) is 13.8 Å². The Kier molecular flexibility index (Phi) is 3.84. The first-order valence-electron chi connectivity index (χ1n) is 3.07. The molecule has 60 valence electrons. The second-order valence-corrected chi connectivity index (χ2v) is 3.24. The average Bonchev–Trinajstić information content (AvgIpc) is 1.86. The number of carbonyl (C=O) groups is 1. The van der Waals surface area contributed by atoms with Crippen molar-refractivity contribution >= 4 is 14.7 Å². The zero-order valence-electron chi connectivity index (χ0n) is 6.82. The molecule has 0 heterocycles. The lowest BCUT2D eigenvalue weighted by Gasteiger charge is -2.21. The summed E-state index contributed by atoms with van der Waals surface area (Å²) in [5.74, 6) is -0.221. The van der Waals surface area contributed by atoms with Gasteiger partial charge in [-0.1, -0.05) is 8.73 Å². The molecule has 0 aromatic rings. The van der Waals surface area contributed by atoms with Gasteiger partial charge in [-0.05, 0) is 20.5 Å². The van der Waals surface area contributed by atoms with Crippen LogP contribution < -0.4 is 5.09 Å². The molecule has 0 saturated heterocycles. The van der Waals surface area contributed by atoms with Gasteiger partial charge in [-0.25, -0.2) is 0 Å². The lowest BCUT2D eigenvalue weighted by atomic mass is 10.1. The van der Waals surface area contributed by atoms with Crippen molar-refractivity contribution in [1.29, 1.82) is 0 Å². The van der Waals surface area contributed by atoms with Gasteiger partial charge in [-0.3, -0.25) is 9.88 Å². The van der Waals surface area contributed by atoms with Crippen LogP contribution in [-0.2, 0) is 9.53 Å². The van der Waals surface area contributed by atoms with E-state index in [1.807, 2.05) is 6.66 Å². The molecule has 0 aliphatic carbocycles. The summed E-state index contributed by atoms with van der Waals surface area (Å²) >= 11 is 0. The van der Waals surface area contributed by atoms with Gasteiger partial charge in [0.15, 0.2) is 0 Å². The molecule has 0 bridgehead atoms. The van der Waals surface area contributed by atoms with Crippen molar-refractivity contribution in [3.63, 3.8) is 0 Å². The first-order valence-corrected chi connectivity index (χ1v) is 4.57. The van der Waals surface area contributed by atoms with E-state index in [1.165, 1.54) is 7.11 Å². The van der Waals surface area contributed by atoms with Crippen LogP contribution in [0.4, 0.5) is 0 Å². The Morgan fingerprint density at radius 1 is 1.60 bits per heavy atom. The van der Waals surface area contributed by atoms with Crippen LogP contribution in [0.5, 0.6) is 0 Å². The number of nitrogens with one attached hydrogen (secondary N) is 1. The topological polar surface area (TPSA) is 38.3 Å². The van der Waals surface area contributed by atoms with Gasteiger partial charge in [0.05, 0.1) is 7.11 Å². The Morgan fingerprint density at radius 3 is 2.40 bits per heavy atom. The maximum absolute atomic E-state index is 10.9. The molecule has 0 amide bonds. The first-order chi connectivity index (χ1) is 4.54. The molecule has 0 aromatic carbocycles. The summed E-state index contributed by atoms with van der Waals surface area (Å²) in [6.07, 6.45) is 0. The lowest BCUT2D eigenvalue weighted by Crippen LogP contribution is -2.43. The van der Waals surface area contributed by atoms with Gasteiger partial charge in [0.2, 0.25) is 0 Å². The summed E-state index contributed by atoms with van der Waals surface area (Å²) in [6, 6.07) is 0. The molecule has 0 radical (unpaired) electrons. The minimum atomic E-state index is -0.540. The molecule has 1 atom stereocenters. The normalized spacial score (nSPS) is 12.4. The number of esters is 1. The van der Waals surface area contributed by atoms with Crippen molar-refractivity contribution in [2.45, 2.75) is 19.4 Å². The van der Waals surface area contributed by atoms with Gasteiger partial charge in [0, 0.05) is 0 Å². The van der Waals surface area contributed by atoms with Crippen LogP contribution in [0, 0.1) is 0 Å². The standard InChI is InChI=1S/C6H14NO2P/c1-6(2,7-10-4)5(8)9-3/h7,10H,1-4H3. The van der Waals surface area contributed by atoms with E-state index in [9.17, 15) is 4.79 Å². The molecule has 0 aliphatic heterocycles. The molecule has 1 unspecified atom stereocenters. The van der Waals surface area contributed by atoms with Crippen LogP contribution in [-0.4, -0.2) is 25.3 Å². The fourth-order valence-corrected chi connectivity index (χ4v) is 1.35. The molecule has 4 heteroatoms. The van der Waals surface area contributed by atoms with Crippen molar-refractivity contribution < 1.29 is 9.53 Å². The van der Waals surface area contributed by atoms with Crippen LogP contribution >= 0.6 is 8.73 Å². The molecule has 0 fully saturated rings. The number of rotatable bonds is 3. The van der Waals surface area contributed by atoms with E-state index in [-0.39, 0.29) is 5.97 Å². The van der Waals surface area contributed by atoms with Crippen molar-refractivity contribution in [3.05, 3.63) is 0 Å². The lowest BCUT2D eigenvalue weighted by molar-refractivity contribution is -0.146. The van der Waals surface area contributed by atoms with E-state index in [0.29, 0.717) is 8.73 Å². The summed E-state index contributed by atoms with van der Waals surface area (Å²) in [4.78, 5) is 10.9. The fourth-order valence-electron chi connectivity index (χ4n) is 0.619. The highest BCUT2D eigenvalue weighted by Crippen LogP contribution is 2.10. The molecule has 1 N–H and O–H groups in total. The predicted octanol–water partition coefficient (Wildman–Crippen LogP) is 0.751. The Balaban J connectivity index is 3.96. The third-order valence-electron chi connectivity index (χ3n) is 1.13. The van der Waals surface area contributed by atoms with E-state index in [0.717, 1.165) is 0 Å². The second-order valence-electron chi connectivity index (χ2n) is 2.49. The summed E-state index contributed by atoms with van der Waals surface area (Å²) in [7, 11) is 1.95. The van der Waals surface area contributed by atoms with Gasteiger partial charge in [0.1, 0.15) is 5.54 Å². The Morgan fingerprint density at radius 2 is 2.10 bits per heavy atom. The molecule has 0 aromatic heterocycles. The first kappa shape index (κ1) is 9.86. The SMILES string of the molecule is COC(=O)C(C)(C)NPC. The van der Waals surface area contributed by atoms with Crippen LogP contribution in [0.1, 0.15) is 13.8 Å². The molecular formula is C6H14NO2P. The van der Waals surface area contributed by atoms with E-state index < -0.39 is 5.54 Å². The quantitative estimate of drug-likeness (QED) is 0.493. The van der Waals surface area contributed by atoms with Gasteiger partial charge in [0.25, 0.3) is 0 Å². The van der Waals surface area contributed by atoms with Crippen molar-refractivity contribution in [3.8, 4) is 0 Å². The minimum absolute atomic E-state index is 0.221. The summed E-state index contributed by atoms with van der Waals surface area (Å²) in [5.41, 5.74) is -0.540. The van der Waals surface area contributed by atoms with Crippen LogP contribution in [0.2, 0.25) is 0 Å². The smallest absolute Gasteiger partial charge is 0.325 e. The van der Waals surface area contributed by atoms with Gasteiger partial charge >= 0.3 is 5.97 Å². The highest BCUT2D eigenvalue weighted by molar-refractivity contribution is 7.34. The third kappa shape index (κ3) is 2.63. The zero-order valence-corrected chi connectivity index (χ0v) is 7.82. The zero-order chi connectivity index (χ0) is 8.20. The molecule has 0 spiro atoms. The largest absolute Gasteiger partial charge is 0.468 e. The van der Waals surface area contributed by atoms with Crippen LogP contribution in [0.25, 0.3) is 0 Å². The van der Waals surface area contributed by atoms with Crippen LogP contribution in [0.3, 0.4) is 0 Å². The third-order valence-corrected chi connectivity index (χ3v) is 2.01. The van der Waals surface area contributed by atoms with Gasteiger partial charge in [-0.2, -0.15) is 0 Å². The highest BCUT2D eigenvalue weighted by atomic mass is 31.1. The highest BCUT2D eigenvalue weighted by Gasteiger charge is 2.26. The van der Waals surface area contributed by atoms with E-state index in [1.54, 1.807) is 13.8 Å². The summed E-state index contributed by atoms with van der Waals surface area (Å²) < 4.78 is 4.57. The van der Waals surface area contributed by atoms with Gasteiger partial charge < -0.3 is 4.74 Å². The second kappa shape index (κ2) is 3.89. The molecular weight excluding hydrogens is 149 g/mol. The molecule has 10 heavy (non-hydrogen) atoms. The molecule has 0 aliphatic rings.